The van der Waals surface area contributed by atoms with Crippen molar-refractivity contribution in [1.29, 1.82) is 0 Å². The summed E-state index contributed by atoms with van der Waals surface area (Å²) in [5.41, 5.74) is 1.22. The van der Waals surface area contributed by atoms with Crippen molar-refractivity contribution in [1.82, 2.24) is 0 Å². The molecule has 1 aromatic rings. The molecule has 0 saturated heterocycles. The molecule has 1 aromatic carbocycles. The summed E-state index contributed by atoms with van der Waals surface area (Å²) in [4.78, 5) is 0. The van der Waals surface area contributed by atoms with Gasteiger partial charge in [-0.3, -0.25) is 0 Å². The monoisotopic (exact) mass is 262 g/mol. The Hall–Kier alpha value is -0.210. The highest BCUT2D eigenvalue weighted by Crippen LogP contribution is 2.28. The lowest BCUT2D eigenvalue weighted by atomic mass is 10.0. The Morgan fingerprint density at radius 1 is 1.54 bits per heavy atom. The summed E-state index contributed by atoms with van der Waals surface area (Å²) in [5, 5.41) is 1.61. The van der Waals surface area contributed by atoms with E-state index < -0.39 is 0 Å². The van der Waals surface area contributed by atoms with Gasteiger partial charge in [-0.05, 0) is 23.6 Å². The van der Waals surface area contributed by atoms with E-state index in [9.17, 15) is 0 Å². The van der Waals surface area contributed by atoms with Crippen LogP contribution in [0.2, 0.25) is 5.02 Å². The average molecular weight is 264 g/mol. The highest BCUT2D eigenvalue weighted by atomic mass is 79.9. The standard InChI is InChI=1S/C10H12BrClO/c1-7(6-11)8-3-4-10(13-2)9(12)5-8/h3-5,7H,6H2,1-2H3. The van der Waals surface area contributed by atoms with E-state index >= 15 is 0 Å². The van der Waals surface area contributed by atoms with Crippen molar-refractivity contribution in [3.63, 3.8) is 0 Å². The quantitative estimate of drug-likeness (QED) is 0.753. The van der Waals surface area contributed by atoms with Crippen molar-refractivity contribution in [2.45, 2.75) is 12.8 Å². The smallest absolute Gasteiger partial charge is 0.137 e. The molecule has 0 aliphatic carbocycles. The average Bonchev–Trinajstić information content (AvgIpc) is 2.16. The second-order valence-corrected chi connectivity index (χ2v) is 4.00. The van der Waals surface area contributed by atoms with Crippen molar-refractivity contribution >= 4 is 27.5 Å². The Bertz CT molecular complexity index is 288. The van der Waals surface area contributed by atoms with Gasteiger partial charge in [0.05, 0.1) is 12.1 Å². The molecule has 0 aliphatic heterocycles. The molecule has 0 radical (unpaired) electrons. The van der Waals surface area contributed by atoms with Crippen LogP contribution in [0.25, 0.3) is 0 Å². The molecule has 3 heteroatoms. The van der Waals surface area contributed by atoms with Gasteiger partial charge in [-0.25, -0.2) is 0 Å². The maximum atomic E-state index is 5.99. The van der Waals surface area contributed by atoms with E-state index in [1.165, 1.54) is 5.56 Å². The molecular formula is C10H12BrClO. The number of rotatable bonds is 3. The van der Waals surface area contributed by atoms with Gasteiger partial charge in [0.15, 0.2) is 0 Å². The van der Waals surface area contributed by atoms with E-state index in [-0.39, 0.29) is 0 Å². The van der Waals surface area contributed by atoms with E-state index in [2.05, 4.69) is 22.9 Å². The Morgan fingerprint density at radius 3 is 2.69 bits per heavy atom. The predicted octanol–water partition coefficient (Wildman–Crippen LogP) is 3.85. The number of ether oxygens (including phenoxy) is 1. The summed E-state index contributed by atoms with van der Waals surface area (Å²) in [7, 11) is 1.62. The van der Waals surface area contributed by atoms with Gasteiger partial charge < -0.3 is 4.74 Å². The molecular weight excluding hydrogens is 251 g/mol. The van der Waals surface area contributed by atoms with Crippen molar-refractivity contribution in [2.24, 2.45) is 0 Å². The van der Waals surface area contributed by atoms with E-state index in [1.54, 1.807) is 7.11 Å². The Labute approximate surface area is 92.2 Å². The second-order valence-electron chi connectivity index (χ2n) is 2.95. The maximum absolute atomic E-state index is 5.99. The molecule has 0 bridgehead atoms. The van der Waals surface area contributed by atoms with Crippen LogP contribution in [-0.4, -0.2) is 12.4 Å². The number of halogens is 2. The van der Waals surface area contributed by atoms with E-state index in [0.717, 1.165) is 11.1 Å². The number of alkyl halides is 1. The van der Waals surface area contributed by atoms with Crippen molar-refractivity contribution in [2.75, 3.05) is 12.4 Å². The van der Waals surface area contributed by atoms with Gasteiger partial charge in [0.2, 0.25) is 0 Å². The van der Waals surface area contributed by atoms with Gasteiger partial charge >= 0.3 is 0 Å². The van der Waals surface area contributed by atoms with Crippen LogP contribution < -0.4 is 4.74 Å². The highest BCUT2D eigenvalue weighted by Gasteiger charge is 2.06. The minimum Gasteiger partial charge on any atom is -0.495 e. The van der Waals surface area contributed by atoms with Gasteiger partial charge in [0.25, 0.3) is 0 Å². The third-order valence-electron chi connectivity index (χ3n) is 1.98. The van der Waals surface area contributed by atoms with Gasteiger partial charge in [-0.15, -0.1) is 0 Å². The zero-order valence-electron chi connectivity index (χ0n) is 7.68. The highest BCUT2D eigenvalue weighted by molar-refractivity contribution is 9.09. The van der Waals surface area contributed by atoms with Crippen LogP contribution in [0.15, 0.2) is 18.2 Å². The minimum absolute atomic E-state index is 0.475. The Balaban J connectivity index is 2.95. The van der Waals surface area contributed by atoms with Crippen LogP contribution in [0, 0.1) is 0 Å². The summed E-state index contributed by atoms with van der Waals surface area (Å²) in [6.07, 6.45) is 0. The largest absolute Gasteiger partial charge is 0.495 e. The molecule has 0 aromatic heterocycles. The molecule has 1 atom stereocenters. The number of hydrogen-bond acceptors (Lipinski definition) is 1. The molecule has 1 rings (SSSR count). The summed E-state index contributed by atoms with van der Waals surface area (Å²) in [6.45, 7) is 2.15. The number of methoxy groups -OCH3 is 1. The summed E-state index contributed by atoms with van der Waals surface area (Å²) < 4.78 is 5.07. The number of hydrogen-bond donors (Lipinski definition) is 0. The van der Waals surface area contributed by atoms with Gasteiger partial charge in [0.1, 0.15) is 5.75 Å². The Morgan fingerprint density at radius 2 is 2.23 bits per heavy atom. The fourth-order valence-electron chi connectivity index (χ4n) is 1.08. The molecule has 0 fully saturated rings. The van der Waals surface area contributed by atoms with E-state index in [0.29, 0.717) is 10.9 Å². The summed E-state index contributed by atoms with van der Waals surface area (Å²) in [6, 6.07) is 5.89. The molecule has 1 nitrogen and oxygen atoms in total. The maximum Gasteiger partial charge on any atom is 0.137 e. The zero-order chi connectivity index (χ0) is 9.84. The zero-order valence-corrected chi connectivity index (χ0v) is 10.0. The first kappa shape index (κ1) is 10.9. The second kappa shape index (κ2) is 4.87. The molecule has 0 aliphatic rings. The normalized spacial score (nSPS) is 12.6. The topological polar surface area (TPSA) is 9.23 Å². The lowest BCUT2D eigenvalue weighted by Crippen LogP contribution is -1.94. The summed E-state index contributed by atoms with van der Waals surface area (Å²) >= 11 is 9.43. The SMILES string of the molecule is COc1ccc(C(C)CBr)cc1Cl. The molecule has 1 unspecified atom stereocenters. The van der Waals surface area contributed by atoms with Crippen LogP contribution in [0.4, 0.5) is 0 Å². The van der Waals surface area contributed by atoms with Gasteiger partial charge in [0, 0.05) is 5.33 Å². The lowest BCUT2D eigenvalue weighted by molar-refractivity contribution is 0.415. The third-order valence-corrected chi connectivity index (χ3v) is 3.24. The van der Waals surface area contributed by atoms with Crippen molar-refractivity contribution in [3.8, 4) is 5.75 Å². The van der Waals surface area contributed by atoms with Crippen LogP contribution >= 0.6 is 27.5 Å². The van der Waals surface area contributed by atoms with Crippen LogP contribution in [0.1, 0.15) is 18.4 Å². The predicted molar refractivity (Wildman–Crippen MR) is 60.2 cm³/mol. The molecule has 0 heterocycles. The van der Waals surface area contributed by atoms with Gasteiger partial charge in [-0.1, -0.05) is 40.5 Å². The van der Waals surface area contributed by atoms with Crippen molar-refractivity contribution < 1.29 is 4.74 Å². The number of benzene rings is 1. The lowest BCUT2D eigenvalue weighted by Gasteiger charge is -2.10. The van der Waals surface area contributed by atoms with Gasteiger partial charge in [-0.2, -0.15) is 0 Å². The van der Waals surface area contributed by atoms with E-state index in [1.807, 2.05) is 18.2 Å². The third kappa shape index (κ3) is 2.61. The van der Waals surface area contributed by atoms with E-state index in [4.69, 9.17) is 16.3 Å². The molecule has 0 amide bonds. The molecule has 0 N–H and O–H groups in total. The first-order valence-electron chi connectivity index (χ1n) is 4.08. The molecule has 0 saturated carbocycles. The fraction of sp³-hybridized carbons (Fsp3) is 0.400. The summed E-state index contributed by atoms with van der Waals surface area (Å²) in [5.74, 6) is 1.20. The first-order valence-corrected chi connectivity index (χ1v) is 5.58. The molecule has 0 spiro atoms. The van der Waals surface area contributed by atoms with Crippen molar-refractivity contribution in [3.05, 3.63) is 28.8 Å². The molecule has 13 heavy (non-hydrogen) atoms. The fourth-order valence-corrected chi connectivity index (χ4v) is 1.72. The Kier molecular flexibility index (Phi) is 4.07. The minimum atomic E-state index is 0.475. The first-order chi connectivity index (χ1) is 6.19. The molecule has 72 valence electrons. The van der Waals surface area contributed by atoms with Crippen LogP contribution in [0.3, 0.4) is 0 Å². The van der Waals surface area contributed by atoms with Crippen LogP contribution in [0.5, 0.6) is 5.75 Å². The van der Waals surface area contributed by atoms with Crippen LogP contribution in [-0.2, 0) is 0 Å².